The zero-order valence-corrected chi connectivity index (χ0v) is 9.81. The van der Waals surface area contributed by atoms with Gasteiger partial charge in [-0.15, -0.1) is 0 Å². The van der Waals surface area contributed by atoms with E-state index in [2.05, 4.69) is 12.2 Å². The highest BCUT2D eigenvalue weighted by molar-refractivity contribution is 5.99. The number of aromatic hydroxyl groups is 2. The number of hydrogen-bond donors (Lipinski definition) is 3. The molecule has 1 amide bonds. The lowest BCUT2D eigenvalue weighted by molar-refractivity contribution is 0.0941. The van der Waals surface area contributed by atoms with E-state index in [0.29, 0.717) is 18.4 Å². The summed E-state index contributed by atoms with van der Waals surface area (Å²) < 4.78 is 0. The van der Waals surface area contributed by atoms with Gasteiger partial charge in [-0.1, -0.05) is 13.0 Å². The molecule has 1 unspecified atom stereocenters. The molecular formula is C13H17NO3. The van der Waals surface area contributed by atoms with Crippen LogP contribution in [0.1, 0.15) is 30.1 Å². The lowest BCUT2D eigenvalue weighted by atomic mass is 10.1. The second-order valence-corrected chi connectivity index (χ2v) is 4.70. The van der Waals surface area contributed by atoms with E-state index in [0.717, 1.165) is 0 Å². The minimum Gasteiger partial charge on any atom is -0.507 e. The van der Waals surface area contributed by atoms with Crippen molar-refractivity contribution in [3.8, 4) is 11.5 Å². The van der Waals surface area contributed by atoms with E-state index in [1.165, 1.54) is 31.0 Å². The van der Waals surface area contributed by atoms with Crippen LogP contribution in [-0.4, -0.2) is 22.7 Å². The predicted octanol–water partition coefficient (Wildman–Crippen LogP) is 1.87. The van der Waals surface area contributed by atoms with Gasteiger partial charge in [0.2, 0.25) is 0 Å². The monoisotopic (exact) mass is 235 g/mol. The minimum absolute atomic E-state index is 0.0458. The maximum atomic E-state index is 11.8. The van der Waals surface area contributed by atoms with Crippen LogP contribution in [0.5, 0.6) is 11.5 Å². The van der Waals surface area contributed by atoms with Crippen LogP contribution in [0.3, 0.4) is 0 Å². The molecule has 2 rings (SSSR count). The first-order valence-corrected chi connectivity index (χ1v) is 5.88. The number of nitrogens with one attached hydrogen (secondary N) is 1. The third-order valence-corrected chi connectivity index (χ3v) is 3.26. The fourth-order valence-electron chi connectivity index (χ4n) is 1.93. The molecule has 0 aliphatic heterocycles. The molecule has 1 fully saturated rings. The molecule has 0 spiro atoms. The predicted molar refractivity (Wildman–Crippen MR) is 64.0 cm³/mol. The molecule has 0 aromatic heterocycles. The van der Waals surface area contributed by atoms with E-state index in [4.69, 9.17) is 0 Å². The van der Waals surface area contributed by atoms with Gasteiger partial charge in [0, 0.05) is 6.54 Å². The molecule has 17 heavy (non-hydrogen) atoms. The van der Waals surface area contributed by atoms with Crippen LogP contribution in [0.2, 0.25) is 0 Å². The zero-order chi connectivity index (χ0) is 12.4. The van der Waals surface area contributed by atoms with Crippen molar-refractivity contribution in [2.24, 2.45) is 11.8 Å². The second kappa shape index (κ2) is 4.65. The quantitative estimate of drug-likeness (QED) is 0.746. The molecule has 4 nitrogen and oxygen atoms in total. The first-order valence-electron chi connectivity index (χ1n) is 5.88. The van der Waals surface area contributed by atoms with E-state index in [9.17, 15) is 15.0 Å². The smallest absolute Gasteiger partial charge is 0.258 e. The normalized spacial score (nSPS) is 16.5. The maximum Gasteiger partial charge on any atom is 0.258 e. The highest BCUT2D eigenvalue weighted by atomic mass is 16.3. The summed E-state index contributed by atoms with van der Waals surface area (Å²) in [5, 5.41) is 21.8. The molecule has 0 heterocycles. The molecule has 3 N–H and O–H groups in total. The first kappa shape index (κ1) is 11.8. The Balaban J connectivity index is 1.99. The number of carbonyl (C=O) groups excluding carboxylic acids is 1. The molecule has 4 heteroatoms. The molecule has 0 bridgehead atoms. The molecule has 1 aromatic rings. The average Bonchev–Trinajstić information content (AvgIpc) is 3.09. The Hall–Kier alpha value is -1.71. The summed E-state index contributed by atoms with van der Waals surface area (Å²) in [6.07, 6.45) is 2.47. The molecule has 1 aliphatic carbocycles. The molecule has 1 atom stereocenters. The molecule has 92 valence electrons. The van der Waals surface area contributed by atoms with Crippen molar-refractivity contribution in [2.45, 2.75) is 19.8 Å². The Morgan fingerprint density at radius 3 is 2.53 bits per heavy atom. The number of amides is 1. The van der Waals surface area contributed by atoms with Crippen molar-refractivity contribution >= 4 is 5.91 Å². The van der Waals surface area contributed by atoms with Gasteiger partial charge in [-0.25, -0.2) is 0 Å². The second-order valence-electron chi connectivity index (χ2n) is 4.70. The number of rotatable bonds is 4. The Morgan fingerprint density at radius 2 is 2.00 bits per heavy atom. The topological polar surface area (TPSA) is 69.6 Å². The standard InChI is InChI=1S/C13H17NO3/c1-8(9-5-6-9)7-14-13(17)12-10(15)3-2-4-11(12)16/h2-4,8-9,15-16H,5-7H2,1H3,(H,14,17). The van der Waals surface area contributed by atoms with Crippen molar-refractivity contribution in [1.82, 2.24) is 5.32 Å². The number of hydrogen-bond acceptors (Lipinski definition) is 3. The third kappa shape index (κ3) is 2.70. The molecule has 0 radical (unpaired) electrons. The van der Waals surface area contributed by atoms with Gasteiger partial charge in [-0.3, -0.25) is 4.79 Å². The lowest BCUT2D eigenvalue weighted by Gasteiger charge is -2.12. The minimum atomic E-state index is -0.423. The van der Waals surface area contributed by atoms with Crippen molar-refractivity contribution in [1.29, 1.82) is 0 Å². The van der Waals surface area contributed by atoms with Crippen LogP contribution in [0, 0.1) is 11.8 Å². The SMILES string of the molecule is CC(CNC(=O)c1c(O)cccc1O)C1CC1. The van der Waals surface area contributed by atoms with Gasteiger partial charge in [0.15, 0.2) is 0 Å². The van der Waals surface area contributed by atoms with Gasteiger partial charge in [-0.2, -0.15) is 0 Å². The van der Waals surface area contributed by atoms with Crippen LogP contribution in [0.15, 0.2) is 18.2 Å². The molecule has 1 saturated carbocycles. The third-order valence-electron chi connectivity index (χ3n) is 3.26. The summed E-state index contributed by atoms with van der Waals surface area (Å²) in [4.78, 5) is 11.8. The van der Waals surface area contributed by atoms with Gasteiger partial charge < -0.3 is 15.5 Å². The van der Waals surface area contributed by atoms with E-state index >= 15 is 0 Å². The average molecular weight is 235 g/mol. The highest BCUT2D eigenvalue weighted by Gasteiger charge is 2.28. The fraction of sp³-hybridized carbons (Fsp3) is 0.462. The van der Waals surface area contributed by atoms with Crippen LogP contribution in [-0.2, 0) is 0 Å². The van der Waals surface area contributed by atoms with Gasteiger partial charge in [0.1, 0.15) is 17.1 Å². The van der Waals surface area contributed by atoms with Crippen LogP contribution in [0.25, 0.3) is 0 Å². The summed E-state index contributed by atoms with van der Waals surface area (Å²) in [7, 11) is 0. The lowest BCUT2D eigenvalue weighted by Crippen LogP contribution is -2.29. The van der Waals surface area contributed by atoms with Gasteiger partial charge in [-0.05, 0) is 36.8 Å². The molecule has 0 saturated heterocycles. The Morgan fingerprint density at radius 1 is 1.41 bits per heavy atom. The Labute approximate surface area is 100 Å². The van der Waals surface area contributed by atoms with Crippen LogP contribution < -0.4 is 5.32 Å². The summed E-state index contributed by atoms with van der Waals surface area (Å²) in [6, 6.07) is 4.27. The van der Waals surface area contributed by atoms with Gasteiger partial charge in [0.25, 0.3) is 5.91 Å². The fourth-order valence-corrected chi connectivity index (χ4v) is 1.93. The highest BCUT2D eigenvalue weighted by Crippen LogP contribution is 2.36. The number of benzene rings is 1. The summed E-state index contributed by atoms with van der Waals surface area (Å²) in [6.45, 7) is 2.68. The number of phenols is 2. The zero-order valence-electron chi connectivity index (χ0n) is 9.81. The van der Waals surface area contributed by atoms with E-state index < -0.39 is 5.91 Å². The van der Waals surface area contributed by atoms with Gasteiger partial charge in [0.05, 0.1) is 0 Å². The molecule has 1 aliphatic rings. The largest absolute Gasteiger partial charge is 0.507 e. The van der Waals surface area contributed by atoms with Crippen molar-refractivity contribution in [3.05, 3.63) is 23.8 Å². The maximum absolute atomic E-state index is 11.8. The summed E-state index contributed by atoms with van der Waals surface area (Å²) in [5.74, 6) is 0.358. The first-order chi connectivity index (χ1) is 8.09. The molecular weight excluding hydrogens is 218 g/mol. The number of phenolic OH excluding ortho intramolecular Hbond substituents is 2. The molecule has 1 aromatic carbocycles. The Bertz CT molecular complexity index is 406. The van der Waals surface area contributed by atoms with Gasteiger partial charge >= 0.3 is 0 Å². The number of carbonyl (C=O) groups is 1. The van der Waals surface area contributed by atoms with Crippen molar-refractivity contribution in [3.63, 3.8) is 0 Å². The van der Waals surface area contributed by atoms with Crippen LogP contribution >= 0.6 is 0 Å². The van der Waals surface area contributed by atoms with Crippen LogP contribution in [0.4, 0.5) is 0 Å². The summed E-state index contributed by atoms with van der Waals surface area (Å²) >= 11 is 0. The van der Waals surface area contributed by atoms with E-state index in [1.54, 1.807) is 0 Å². The summed E-state index contributed by atoms with van der Waals surface area (Å²) in [5.41, 5.74) is -0.0458. The van der Waals surface area contributed by atoms with E-state index in [-0.39, 0.29) is 17.1 Å². The van der Waals surface area contributed by atoms with Crippen molar-refractivity contribution in [2.75, 3.05) is 6.54 Å². The Kier molecular flexibility index (Phi) is 3.22. The van der Waals surface area contributed by atoms with E-state index in [1.807, 2.05) is 0 Å². The van der Waals surface area contributed by atoms with Crippen molar-refractivity contribution < 1.29 is 15.0 Å².